The summed E-state index contributed by atoms with van der Waals surface area (Å²) < 4.78 is 5.14. The quantitative estimate of drug-likeness (QED) is 0.846. The van der Waals surface area contributed by atoms with E-state index in [9.17, 15) is 9.59 Å². The van der Waals surface area contributed by atoms with Crippen LogP contribution >= 0.6 is 0 Å². The molecule has 2 amide bonds. The first-order valence-corrected chi connectivity index (χ1v) is 8.23. The number of cyclic esters (lactones) is 1. The van der Waals surface area contributed by atoms with Gasteiger partial charge < -0.3 is 4.74 Å². The topological polar surface area (TPSA) is 46.6 Å². The lowest BCUT2D eigenvalue weighted by Crippen LogP contribution is -2.43. The summed E-state index contributed by atoms with van der Waals surface area (Å²) in [5.74, 6) is -0.432. The summed E-state index contributed by atoms with van der Waals surface area (Å²) in [4.78, 5) is 26.1. The molecule has 0 aliphatic carbocycles. The average Bonchev–Trinajstić information content (AvgIpc) is 2.96. The van der Waals surface area contributed by atoms with E-state index in [1.165, 1.54) is 4.90 Å². The van der Waals surface area contributed by atoms with Gasteiger partial charge in [0, 0.05) is 5.92 Å². The summed E-state index contributed by atoms with van der Waals surface area (Å²) in [6.45, 7) is 2.12. The highest BCUT2D eigenvalue weighted by molar-refractivity contribution is 5.94. The molecule has 0 aromatic heterocycles. The molecule has 2 aromatic carbocycles. The van der Waals surface area contributed by atoms with Gasteiger partial charge in [0.2, 0.25) is 5.91 Å². The Hall–Kier alpha value is -2.62. The maximum absolute atomic E-state index is 12.8. The number of hydrogen-bond acceptors (Lipinski definition) is 3. The lowest BCUT2D eigenvalue weighted by atomic mass is 9.98. The highest BCUT2D eigenvalue weighted by Gasteiger charge is 2.39. The summed E-state index contributed by atoms with van der Waals surface area (Å²) >= 11 is 0. The van der Waals surface area contributed by atoms with E-state index in [0.717, 1.165) is 11.1 Å². The molecule has 124 valence electrons. The van der Waals surface area contributed by atoms with Crippen molar-refractivity contribution in [3.8, 4) is 0 Å². The predicted octanol–water partition coefficient (Wildman–Crippen LogP) is 3.46. The first-order valence-electron chi connectivity index (χ1n) is 8.23. The summed E-state index contributed by atoms with van der Waals surface area (Å²) in [6, 6.07) is 19.5. The fraction of sp³-hybridized carbons (Fsp3) is 0.300. The van der Waals surface area contributed by atoms with E-state index in [4.69, 9.17) is 4.74 Å². The number of benzene rings is 2. The van der Waals surface area contributed by atoms with E-state index in [2.05, 4.69) is 0 Å². The van der Waals surface area contributed by atoms with Crippen molar-refractivity contribution >= 4 is 12.0 Å². The molecule has 0 radical (unpaired) electrons. The number of ether oxygens (including phenoxy) is 1. The highest BCUT2D eigenvalue weighted by atomic mass is 16.6. The van der Waals surface area contributed by atoms with E-state index in [1.54, 1.807) is 0 Å². The van der Waals surface area contributed by atoms with Crippen LogP contribution in [0.3, 0.4) is 0 Å². The highest BCUT2D eigenvalue weighted by Crippen LogP contribution is 2.21. The van der Waals surface area contributed by atoms with Crippen LogP contribution in [-0.2, 0) is 22.4 Å². The van der Waals surface area contributed by atoms with Crippen LogP contribution in [-0.4, -0.2) is 29.5 Å². The minimum atomic E-state index is -0.527. The third-order valence-electron chi connectivity index (χ3n) is 4.32. The van der Waals surface area contributed by atoms with E-state index in [1.807, 2.05) is 67.6 Å². The smallest absolute Gasteiger partial charge is 0.416 e. The van der Waals surface area contributed by atoms with Crippen molar-refractivity contribution in [2.75, 3.05) is 6.61 Å². The number of hydrogen-bond donors (Lipinski definition) is 0. The van der Waals surface area contributed by atoms with Gasteiger partial charge in [0.25, 0.3) is 0 Å². The van der Waals surface area contributed by atoms with Crippen LogP contribution in [0.5, 0.6) is 0 Å². The number of rotatable bonds is 5. The Morgan fingerprint density at radius 2 is 1.67 bits per heavy atom. The number of carbonyl (C=O) groups is 2. The van der Waals surface area contributed by atoms with Crippen LogP contribution in [0.4, 0.5) is 4.79 Å². The van der Waals surface area contributed by atoms with Crippen LogP contribution in [0.15, 0.2) is 60.7 Å². The Balaban J connectivity index is 1.70. The van der Waals surface area contributed by atoms with E-state index in [-0.39, 0.29) is 24.5 Å². The Bertz CT molecular complexity index is 699. The predicted molar refractivity (Wildman–Crippen MR) is 91.4 cm³/mol. The third-order valence-corrected chi connectivity index (χ3v) is 4.32. The monoisotopic (exact) mass is 323 g/mol. The SMILES string of the molecule is C[C@@H](Cc1ccccc1)C(=O)N1C(=O)OC[C@@H]1Cc1ccccc1. The van der Waals surface area contributed by atoms with Crippen molar-refractivity contribution in [2.45, 2.75) is 25.8 Å². The van der Waals surface area contributed by atoms with Crippen molar-refractivity contribution in [3.63, 3.8) is 0 Å². The van der Waals surface area contributed by atoms with Crippen LogP contribution in [0.1, 0.15) is 18.1 Å². The summed E-state index contributed by atoms with van der Waals surface area (Å²) in [5.41, 5.74) is 2.18. The van der Waals surface area contributed by atoms with Gasteiger partial charge in [-0.05, 0) is 24.0 Å². The van der Waals surface area contributed by atoms with E-state index in [0.29, 0.717) is 12.8 Å². The van der Waals surface area contributed by atoms with Gasteiger partial charge in [0.15, 0.2) is 0 Å². The molecule has 2 aromatic rings. The maximum Gasteiger partial charge on any atom is 0.416 e. The molecule has 0 saturated carbocycles. The standard InChI is InChI=1S/C20H21NO3/c1-15(12-16-8-4-2-5-9-16)19(22)21-18(14-24-20(21)23)13-17-10-6-3-7-11-17/h2-11,15,18H,12-14H2,1H3/t15-,18-/m0/s1. The molecule has 0 N–H and O–H groups in total. The molecule has 1 saturated heterocycles. The molecule has 1 fully saturated rings. The Morgan fingerprint density at radius 3 is 2.29 bits per heavy atom. The summed E-state index contributed by atoms with van der Waals surface area (Å²) in [6.07, 6.45) is 0.707. The van der Waals surface area contributed by atoms with Gasteiger partial charge in [-0.25, -0.2) is 9.69 Å². The van der Waals surface area contributed by atoms with Crippen molar-refractivity contribution in [3.05, 3.63) is 71.8 Å². The zero-order valence-corrected chi connectivity index (χ0v) is 13.7. The minimum Gasteiger partial charge on any atom is -0.447 e. The molecule has 4 nitrogen and oxygen atoms in total. The Kier molecular flexibility index (Phi) is 4.94. The number of amides is 2. The number of carbonyl (C=O) groups excluding carboxylic acids is 2. The molecule has 1 heterocycles. The third kappa shape index (κ3) is 3.65. The van der Waals surface area contributed by atoms with E-state index < -0.39 is 6.09 Å². The molecule has 3 rings (SSSR count). The fourth-order valence-electron chi connectivity index (χ4n) is 3.06. The molecule has 4 heteroatoms. The Morgan fingerprint density at radius 1 is 1.08 bits per heavy atom. The van der Waals surface area contributed by atoms with Gasteiger partial charge in [-0.2, -0.15) is 0 Å². The van der Waals surface area contributed by atoms with E-state index >= 15 is 0 Å². The molecular weight excluding hydrogens is 302 g/mol. The Labute approximate surface area is 142 Å². The molecule has 0 bridgehead atoms. The minimum absolute atomic E-state index is 0.165. The molecular formula is C20H21NO3. The molecule has 1 aliphatic rings. The van der Waals surface area contributed by atoms with Gasteiger partial charge >= 0.3 is 6.09 Å². The second-order valence-electron chi connectivity index (χ2n) is 6.22. The van der Waals surface area contributed by atoms with Crippen LogP contribution in [0.2, 0.25) is 0 Å². The molecule has 1 aliphatic heterocycles. The molecule has 0 unspecified atom stereocenters. The zero-order chi connectivity index (χ0) is 16.9. The van der Waals surface area contributed by atoms with Crippen LogP contribution in [0.25, 0.3) is 0 Å². The largest absolute Gasteiger partial charge is 0.447 e. The second-order valence-corrected chi connectivity index (χ2v) is 6.22. The average molecular weight is 323 g/mol. The maximum atomic E-state index is 12.8. The number of nitrogens with zero attached hydrogens (tertiary/aromatic N) is 1. The van der Waals surface area contributed by atoms with Gasteiger partial charge in [0.1, 0.15) is 6.61 Å². The van der Waals surface area contributed by atoms with Crippen LogP contribution in [0, 0.1) is 5.92 Å². The molecule has 2 atom stereocenters. The van der Waals surface area contributed by atoms with Gasteiger partial charge in [0.05, 0.1) is 6.04 Å². The lowest BCUT2D eigenvalue weighted by Gasteiger charge is -2.23. The second kappa shape index (κ2) is 7.30. The van der Waals surface area contributed by atoms with Crippen molar-refractivity contribution < 1.29 is 14.3 Å². The van der Waals surface area contributed by atoms with Gasteiger partial charge in [-0.3, -0.25) is 4.79 Å². The fourth-order valence-corrected chi connectivity index (χ4v) is 3.06. The zero-order valence-electron chi connectivity index (χ0n) is 13.7. The van der Waals surface area contributed by atoms with Crippen molar-refractivity contribution in [1.29, 1.82) is 0 Å². The molecule has 24 heavy (non-hydrogen) atoms. The van der Waals surface area contributed by atoms with Crippen molar-refractivity contribution in [2.24, 2.45) is 5.92 Å². The lowest BCUT2D eigenvalue weighted by molar-refractivity contribution is -0.132. The molecule has 0 spiro atoms. The normalized spacial score (nSPS) is 18.3. The first-order chi connectivity index (χ1) is 11.6. The van der Waals surface area contributed by atoms with Crippen molar-refractivity contribution in [1.82, 2.24) is 4.90 Å². The van der Waals surface area contributed by atoms with Gasteiger partial charge in [-0.1, -0.05) is 67.6 Å². The van der Waals surface area contributed by atoms with Gasteiger partial charge in [-0.15, -0.1) is 0 Å². The number of imide groups is 1. The first kappa shape index (κ1) is 16.2. The summed E-state index contributed by atoms with van der Waals surface area (Å²) in [7, 11) is 0. The summed E-state index contributed by atoms with van der Waals surface area (Å²) in [5, 5.41) is 0. The van der Waals surface area contributed by atoms with Crippen LogP contribution < -0.4 is 0 Å².